The van der Waals surface area contributed by atoms with Gasteiger partial charge in [-0.15, -0.1) is 0 Å². The highest BCUT2D eigenvalue weighted by Gasteiger charge is 2.28. The van der Waals surface area contributed by atoms with Gasteiger partial charge in [0.1, 0.15) is 0 Å². The van der Waals surface area contributed by atoms with Gasteiger partial charge in [0.25, 0.3) is 11.7 Å². The van der Waals surface area contributed by atoms with Crippen LogP contribution in [0.25, 0.3) is 0 Å². The summed E-state index contributed by atoms with van der Waals surface area (Å²) in [6, 6.07) is 6.00. The van der Waals surface area contributed by atoms with Crippen molar-refractivity contribution in [2.24, 2.45) is 7.05 Å². The van der Waals surface area contributed by atoms with E-state index in [0.29, 0.717) is 22.0 Å². The molecule has 0 fully saturated rings. The predicted molar refractivity (Wildman–Crippen MR) is 96.0 cm³/mol. The lowest BCUT2D eigenvalue weighted by atomic mass is 10.0. The van der Waals surface area contributed by atoms with E-state index in [-0.39, 0.29) is 12.0 Å². The van der Waals surface area contributed by atoms with Gasteiger partial charge in [-0.25, -0.2) is 0 Å². The number of methoxy groups -OCH3 is 1. The van der Waals surface area contributed by atoms with Crippen molar-refractivity contribution in [3.63, 3.8) is 0 Å². The van der Waals surface area contributed by atoms with E-state index in [4.69, 9.17) is 11.6 Å². The van der Waals surface area contributed by atoms with Gasteiger partial charge in [0.2, 0.25) is 0 Å². The highest BCUT2D eigenvalue weighted by atomic mass is 35.5. The third-order valence-electron chi connectivity index (χ3n) is 4.13. The summed E-state index contributed by atoms with van der Waals surface area (Å²) in [5.74, 6) is -2.08. The van der Waals surface area contributed by atoms with Crippen LogP contribution >= 0.6 is 11.6 Å². The number of nitrogens with one attached hydrogen (secondary N) is 1. The van der Waals surface area contributed by atoms with Gasteiger partial charge in [-0.05, 0) is 25.5 Å². The quantitative estimate of drug-likeness (QED) is 0.474. The number of carbonyl (C=O) groups is 3. The molecule has 26 heavy (non-hydrogen) atoms. The Labute approximate surface area is 156 Å². The number of halogens is 1. The summed E-state index contributed by atoms with van der Waals surface area (Å²) in [5, 5.41) is 7.12. The van der Waals surface area contributed by atoms with Crippen LogP contribution in [0.3, 0.4) is 0 Å². The zero-order chi connectivity index (χ0) is 19.4. The van der Waals surface area contributed by atoms with Crippen LogP contribution in [0.5, 0.6) is 0 Å². The van der Waals surface area contributed by atoms with Crippen molar-refractivity contribution in [1.29, 1.82) is 0 Å². The van der Waals surface area contributed by atoms with Crippen LogP contribution in [0.15, 0.2) is 24.3 Å². The fourth-order valence-electron chi connectivity index (χ4n) is 2.69. The van der Waals surface area contributed by atoms with Gasteiger partial charge in [0, 0.05) is 17.8 Å². The molecule has 0 spiro atoms. The Bertz CT molecular complexity index is 860. The standard InChI is InChI=1S/C18H20ClN3O4/c1-10-16(11(2)22(3)21-10)17(24)18(25)20-14(9-15(23)26-4)12-7-5-6-8-13(12)19/h5-8,14H,9H2,1-4H3,(H,20,25). The number of ketones is 1. The van der Waals surface area contributed by atoms with E-state index in [0.717, 1.165) is 0 Å². The Morgan fingerprint density at radius 1 is 1.27 bits per heavy atom. The average molecular weight is 378 g/mol. The third-order valence-corrected chi connectivity index (χ3v) is 4.47. The van der Waals surface area contributed by atoms with E-state index in [9.17, 15) is 14.4 Å². The van der Waals surface area contributed by atoms with Crippen LogP contribution in [0.1, 0.15) is 39.8 Å². The number of carbonyl (C=O) groups excluding carboxylic acids is 3. The van der Waals surface area contributed by atoms with Crippen molar-refractivity contribution in [3.05, 3.63) is 51.8 Å². The molecule has 1 atom stereocenters. The molecular formula is C18H20ClN3O4. The summed E-state index contributed by atoms with van der Waals surface area (Å²) in [6.45, 7) is 3.37. The van der Waals surface area contributed by atoms with Crippen LogP contribution in [-0.2, 0) is 21.4 Å². The highest BCUT2D eigenvalue weighted by Crippen LogP contribution is 2.26. The lowest BCUT2D eigenvalue weighted by Crippen LogP contribution is -2.36. The normalized spacial score (nSPS) is 11.7. The molecule has 0 bridgehead atoms. The van der Waals surface area contributed by atoms with Crippen molar-refractivity contribution in [2.75, 3.05) is 7.11 Å². The van der Waals surface area contributed by atoms with Crippen LogP contribution in [0, 0.1) is 13.8 Å². The van der Waals surface area contributed by atoms with Crippen LogP contribution < -0.4 is 5.32 Å². The maximum atomic E-state index is 12.6. The SMILES string of the molecule is COC(=O)CC(NC(=O)C(=O)c1c(C)nn(C)c1C)c1ccccc1Cl. The van der Waals surface area contributed by atoms with Gasteiger partial charge in [0.15, 0.2) is 0 Å². The zero-order valence-electron chi connectivity index (χ0n) is 15.0. The number of rotatable bonds is 6. The summed E-state index contributed by atoms with van der Waals surface area (Å²) < 4.78 is 6.22. The van der Waals surface area contributed by atoms with Crippen molar-refractivity contribution < 1.29 is 19.1 Å². The van der Waals surface area contributed by atoms with E-state index in [1.165, 1.54) is 11.8 Å². The van der Waals surface area contributed by atoms with Crippen molar-refractivity contribution in [1.82, 2.24) is 15.1 Å². The maximum absolute atomic E-state index is 12.6. The molecular weight excluding hydrogens is 358 g/mol. The Kier molecular flexibility index (Phi) is 6.15. The first-order chi connectivity index (χ1) is 12.3. The molecule has 7 nitrogen and oxygen atoms in total. The van der Waals surface area contributed by atoms with Crippen LogP contribution in [0.4, 0.5) is 0 Å². The second kappa shape index (κ2) is 8.14. The number of aryl methyl sites for hydroxylation is 2. The molecule has 1 unspecified atom stereocenters. The summed E-state index contributed by atoms with van der Waals surface area (Å²) >= 11 is 6.18. The van der Waals surface area contributed by atoms with Gasteiger partial charge in [0.05, 0.1) is 30.8 Å². The Hall–Kier alpha value is -2.67. The van der Waals surface area contributed by atoms with Gasteiger partial charge in [-0.2, -0.15) is 5.10 Å². The molecule has 2 rings (SSSR count). The fourth-order valence-corrected chi connectivity index (χ4v) is 2.95. The predicted octanol–water partition coefficient (Wildman–Crippen LogP) is 2.29. The largest absolute Gasteiger partial charge is 0.469 e. The maximum Gasteiger partial charge on any atom is 0.307 e. The van der Waals surface area contributed by atoms with E-state index < -0.39 is 23.7 Å². The number of amides is 1. The molecule has 0 aliphatic heterocycles. The second-order valence-electron chi connectivity index (χ2n) is 5.83. The van der Waals surface area contributed by atoms with Gasteiger partial charge in [-0.1, -0.05) is 29.8 Å². The fraction of sp³-hybridized carbons (Fsp3) is 0.333. The Morgan fingerprint density at radius 2 is 1.92 bits per heavy atom. The zero-order valence-corrected chi connectivity index (χ0v) is 15.8. The summed E-state index contributed by atoms with van der Waals surface area (Å²) in [4.78, 5) is 36.8. The number of esters is 1. The molecule has 0 radical (unpaired) electrons. The monoisotopic (exact) mass is 377 g/mol. The number of ether oxygens (including phenoxy) is 1. The third kappa shape index (κ3) is 4.11. The number of nitrogens with zero attached hydrogens (tertiary/aromatic N) is 2. The molecule has 1 aromatic heterocycles. The Balaban J connectivity index is 2.30. The van der Waals surface area contributed by atoms with E-state index in [2.05, 4.69) is 15.2 Å². The Morgan fingerprint density at radius 3 is 2.46 bits per heavy atom. The van der Waals surface area contributed by atoms with Gasteiger partial charge < -0.3 is 10.1 Å². The lowest BCUT2D eigenvalue weighted by Gasteiger charge is -2.19. The molecule has 8 heteroatoms. The van der Waals surface area contributed by atoms with Crippen LogP contribution in [0.2, 0.25) is 5.02 Å². The molecule has 2 aromatic rings. The molecule has 1 N–H and O–H groups in total. The van der Waals surface area contributed by atoms with E-state index in [1.807, 2.05) is 0 Å². The molecule has 1 aromatic carbocycles. The van der Waals surface area contributed by atoms with Crippen molar-refractivity contribution in [2.45, 2.75) is 26.3 Å². The topological polar surface area (TPSA) is 90.3 Å². The number of hydrogen-bond acceptors (Lipinski definition) is 5. The molecule has 138 valence electrons. The van der Waals surface area contributed by atoms with Crippen LogP contribution in [-0.4, -0.2) is 34.6 Å². The number of aromatic nitrogens is 2. The molecule has 1 heterocycles. The molecule has 0 aliphatic rings. The van der Waals surface area contributed by atoms with E-state index >= 15 is 0 Å². The minimum Gasteiger partial charge on any atom is -0.469 e. The minimum atomic E-state index is -0.835. The van der Waals surface area contributed by atoms with E-state index in [1.54, 1.807) is 45.2 Å². The average Bonchev–Trinajstić information content (AvgIpc) is 2.86. The smallest absolute Gasteiger partial charge is 0.307 e. The number of hydrogen-bond donors (Lipinski definition) is 1. The summed E-state index contributed by atoms with van der Waals surface area (Å²) in [6.07, 6.45) is -0.149. The summed E-state index contributed by atoms with van der Waals surface area (Å²) in [7, 11) is 2.95. The molecule has 0 aliphatic carbocycles. The second-order valence-corrected chi connectivity index (χ2v) is 6.23. The highest BCUT2D eigenvalue weighted by molar-refractivity contribution is 6.43. The van der Waals surface area contributed by atoms with Gasteiger partial charge in [-0.3, -0.25) is 19.1 Å². The molecule has 0 saturated heterocycles. The number of benzene rings is 1. The first-order valence-electron chi connectivity index (χ1n) is 7.92. The number of Topliss-reactive ketones (excluding diaryl/α,β-unsaturated/α-hetero) is 1. The first-order valence-corrected chi connectivity index (χ1v) is 8.30. The summed E-state index contributed by atoms with van der Waals surface area (Å²) in [5.41, 5.74) is 1.83. The van der Waals surface area contributed by atoms with Crippen molar-refractivity contribution >= 4 is 29.3 Å². The molecule has 1 amide bonds. The van der Waals surface area contributed by atoms with Crippen molar-refractivity contribution in [3.8, 4) is 0 Å². The van der Waals surface area contributed by atoms with Gasteiger partial charge >= 0.3 is 5.97 Å². The first kappa shape index (κ1) is 19.7. The minimum absolute atomic E-state index is 0.149. The lowest BCUT2D eigenvalue weighted by molar-refractivity contribution is -0.141. The molecule has 0 saturated carbocycles.